The van der Waals surface area contributed by atoms with Crippen LogP contribution in [-0.2, 0) is 4.74 Å². The Labute approximate surface area is 123 Å². The predicted octanol–water partition coefficient (Wildman–Crippen LogP) is 3.04. The molecule has 0 bridgehead atoms. The van der Waals surface area contributed by atoms with Crippen molar-refractivity contribution in [3.63, 3.8) is 0 Å². The Bertz CT molecular complexity index is 630. The number of benzene rings is 2. The standard InChI is InChI=1S/C17H16FNO2/c18-15-9-5-4-8-14(15)16-12-19(10-11-21-16)17(20)13-6-2-1-3-7-13/h1-9,16H,10-12H2. The van der Waals surface area contributed by atoms with Crippen LogP contribution >= 0.6 is 0 Å². The first kappa shape index (κ1) is 13.8. The fourth-order valence-corrected chi connectivity index (χ4v) is 2.52. The summed E-state index contributed by atoms with van der Waals surface area (Å²) in [7, 11) is 0. The Kier molecular flexibility index (Phi) is 3.97. The van der Waals surface area contributed by atoms with Gasteiger partial charge in [0.15, 0.2) is 0 Å². The Morgan fingerprint density at radius 3 is 2.57 bits per heavy atom. The summed E-state index contributed by atoms with van der Waals surface area (Å²) in [4.78, 5) is 14.2. The van der Waals surface area contributed by atoms with Crippen molar-refractivity contribution in [3.8, 4) is 0 Å². The van der Waals surface area contributed by atoms with Gasteiger partial charge in [0.25, 0.3) is 5.91 Å². The fraction of sp³-hybridized carbons (Fsp3) is 0.235. The Morgan fingerprint density at radius 2 is 1.81 bits per heavy atom. The van der Waals surface area contributed by atoms with Crippen LogP contribution in [0.5, 0.6) is 0 Å². The lowest BCUT2D eigenvalue weighted by molar-refractivity contribution is -0.0243. The molecule has 3 nitrogen and oxygen atoms in total. The lowest BCUT2D eigenvalue weighted by atomic mass is 10.1. The van der Waals surface area contributed by atoms with E-state index in [9.17, 15) is 9.18 Å². The van der Waals surface area contributed by atoms with Crippen LogP contribution in [0.3, 0.4) is 0 Å². The Balaban J connectivity index is 1.77. The molecule has 1 atom stereocenters. The van der Waals surface area contributed by atoms with Gasteiger partial charge in [-0.1, -0.05) is 36.4 Å². The molecule has 0 radical (unpaired) electrons. The maximum absolute atomic E-state index is 13.8. The molecule has 0 aliphatic carbocycles. The summed E-state index contributed by atoms with van der Waals surface area (Å²) >= 11 is 0. The van der Waals surface area contributed by atoms with Crippen molar-refractivity contribution in [3.05, 3.63) is 71.5 Å². The maximum Gasteiger partial charge on any atom is 0.254 e. The van der Waals surface area contributed by atoms with Crippen molar-refractivity contribution in [1.29, 1.82) is 0 Å². The summed E-state index contributed by atoms with van der Waals surface area (Å²) in [5.41, 5.74) is 1.15. The molecular weight excluding hydrogens is 269 g/mol. The molecule has 1 heterocycles. The highest BCUT2D eigenvalue weighted by Gasteiger charge is 2.27. The molecule has 0 N–H and O–H groups in total. The molecule has 1 fully saturated rings. The smallest absolute Gasteiger partial charge is 0.254 e. The highest BCUT2D eigenvalue weighted by molar-refractivity contribution is 5.94. The molecule has 2 aromatic rings. The number of rotatable bonds is 2. The topological polar surface area (TPSA) is 29.5 Å². The summed E-state index contributed by atoms with van der Waals surface area (Å²) < 4.78 is 19.5. The molecule has 1 unspecified atom stereocenters. The van der Waals surface area contributed by atoms with Crippen molar-refractivity contribution in [2.45, 2.75) is 6.10 Å². The fourth-order valence-electron chi connectivity index (χ4n) is 2.52. The third kappa shape index (κ3) is 2.95. The zero-order valence-corrected chi connectivity index (χ0v) is 11.5. The number of morpholine rings is 1. The first-order valence-corrected chi connectivity index (χ1v) is 6.96. The van der Waals surface area contributed by atoms with Gasteiger partial charge in [-0.25, -0.2) is 4.39 Å². The monoisotopic (exact) mass is 285 g/mol. The van der Waals surface area contributed by atoms with Gasteiger partial charge in [0.2, 0.25) is 0 Å². The average molecular weight is 285 g/mol. The molecule has 2 aromatic carbocycles. The van der Waals surface area contributed by atoms with E-state index >= 15 is 0 Å². The number of halogens is 1. The third-order valence-corrected chi connectivity index (χ3v) is 3.63. The van der Waals surface area contributed by atoms with E-state index in [1.807, 2.05) is 18.2 Å². The molecular formula is C17H16FNO2. The minimum atomic E-state index is -0.410. The van der Waals surface area contributed by atoms with E-state index in [0.717, 1.165) is 0 Å². The van der Waals surface area contributed by atoms with Crippen LogP contribution in [0.15, 0.2) is 54.6 Å². The summed E-state index contributed by atoms with van der Waals surface area (Å²) in [6.45, 7) is 1.31. The zero-order valence-electron chi connectivity index (χ0n) is 11.5. The number of carbonyl (C=O) groups excluding carboxylic acids is 1. The minimum absolute atomic E-state index is 0.0414. The second-order valence-corrected chi connectivity index (χ2v) is 5.00. The average Bonchev–Trinajstić information content (AvgIpc) is 2.55. The van der Waals surface area contributed by atoms with Crippen molar-refractivity contribution < 1.29 is 13.9 Å². The second-order valence-electron chi connectivity index (χ2n) is 5.00. The van der Waals surface area contributed by atoms with E-state index in [1.165, 1.54) is 6.07 Å². The van der Waals surface area contributed by atoms with Crippen molar-refractivity contribution in [2.24, 2.45) is 0 Å². The van der Waals surface area contributed by atoms with E-state index < -0.39 is 6.10 Å². The van der Waals surface area contributed by atoms with E-state index in [-0.39, 0.29) is 11.7 Å². The van der Waals surface area contributed by atoms with Gasteiger partial charge >= 0.3 is 0 Å². The summed E-state index contributed by atoms with van der Waals surface area (Å²) in [5.74, 6) is -0.336. The van der Waals surface area contributed by atoms with Gasteiger partial charge in [0.1, 0.15) is 11.9 Å². The van der Waals surface area contributed by atoms with Crippen molar-refractivity contribution in [1.82, 2.24) is 4.90 Å². The van der Waals surface area contributed by atoms with E-state index in [4.69, 9.17) is 4.74 Å². The number of ether oxygens (including phenoxy) is 1. The highest BCUT2D eigenvalue weighted by atomic mass is 19.1. The minimum Gasteiger partial charge on any atom is -0.370 e. The molecule has 21 heavy (non-hydrogen) atoms. The first-order chi connectivity index (χ1) is 10.3. The van der Waals surface area contributed by atoms with E-state index in [0.29, 0.717) is 30.8 Å². The molecule has 1 aliphatic heterocycles. The molecule has 108 valence electrons. The number of carbonyl (C=O) groups is 1. The van der Waals surface area contributed by atoms with Crippen LogP contribution in [0.1, 0.15) is 22.0 Å². The largest absolute Gasteiger partial charge is 0.370 e. The molecule has 1 aliphatic rings. The molecule has 3 rings (SSSR count). The molecule has 0 aromatic heterocycles. The molecule has 0 saturated carbocycles. The van der Waals surface area contributed by atoms with Gasteiger partial charge < -0.3 is 9.64 Å². The summed E-state index contributed by atoms with van der Waals surface area (Å²) in [5, 5.41) is 0. The van der Waals surface area contributed by atoms with Gasteiger partial charge in [-0.05, 0) is 18.2 Å². The highest BCUT2D eigenvalue weighted by Crippen LogP contribution is 2.25. The first-order valence-electron chi connectivity index (χ1n) is 6.96. The molecule has 1 saturated heterocycles. The quantitative estimate of drug-likeness (QED) is 0.849. The molecule has 1 amide bonds. The van der Waals surface area contributed by atoms with Crippen LogP contribution in [-0.4, -0.2) is 30.5 Å². The second kappa shape index (κ2) is 6.06. The van der Waals surface area contributed by atoms with Gasteiger partial charge in [0.05, 0.1) is 13.2 Å². The van der Waals surface area contributed by atoms with Crippen LogP contribution < -0.4 is 0 Å². The van der Waals surface area contributed by atoms with Gasteiger partial charge in [-0.2, -0.15) is 0 Å². The molecule has 4 heteroatoms. The zero-order chi connectivity index (χ0) is 14.7. The van der Waals surface area contributed by atoms with E-state index in [2.05, 4.69) is 0 Å². The third-order valence-electron chi connectivity index (χ3n) is 3.63. The van der Waals surface area contributed by atoms with Gasteiger partial charge in [-0.3, -0.25) is 4.79 Å². The number of hydrogen-bond acceptors (Lipinski definition) is 2. The number of nitrogens with zero attached hydrogens (tertiary/aromatic N) is 1. The normalized spacial score (nSPS) is 18.5. The Hall–Kier alpha value is -2.20. The van der Waals surface area contributed by atoms with Crippen molar-refractivity contribution in [2.75, 3.05) is 19.7 Å². The Morgan fingerprint density at radius 1 is 1.10 bits per heavy atom. The maximum atomic E-state index is 13.8. The SMILES string of the molecule is O=C(c1ccccc1)N1CCOC(c2ccccc2F)C1. The lowest BCUT2D eigenvalue weighted by Gasteiger charge is -2.33. The van der Waals surface area contributed by atoms with Crippen LogP contribution in [0.4, 0.5) is 4.39 Å². The summed E-state index contributed by atoms with van der Waals surface area (Å²) in [6, 6.07) is 15.7. The predicted molar refractivity (Wildman–Crippen MR) is 77.4 cm³/mol. The van der Waals surface area contributed by atoms with E-state index in [1.54, 1.807) is 35.2 Å². The van der Waals surface area contributed by atoms with Crippen LogP contribution in [0.2, 0.25) is 0 Å². The lowest BCUT2D eigenvalue weighted by Crippen LogP contribution is -2.42. The van der Waals surface area contributed by atoms with Crippen LogP contribution in [0, 0.1) is 5.82 Å². The van der Waals surface area contributed by atoms with Crippen LogP contribution in [0.25, 0.3) is 0 Å². The number of amides is 1. The summed E-state index contributed by atoms with van der Waals surface area (Å²) in [6.07, 6.45) is -0.410. The van der Waals surface area contributed by atoms with Crippen molar-refractivity contribution >= 4 is 5.91 Å². The van der Waals surface area contributed by atoms with Gasteiger partial charge in [-0.15, -0.1) is 0 Å². The van der Waals surface area contributed by atoms with Gasteiger partial charge in [0, 0.05) is 17.7 Å². The number of hydrogen-bond donors (Lipinski definition) is 0. The molecule has 0 spiro atoms.